The molecule has 4 aliphatic rings. The molecule has 3 heteroatoms. The number of carbonyl (C=O) groups excluding carboxylic acids is 2. The summed E-state index contributed by atoms with van der Waals surface area (Å²) in [5, 5.41) is 0. The van der Waals surface area contributed by atoms with Gasteiger partial charge in [-0.1, -0.05) is 20.3 Å². The molecule has 1 saturated heterocycles. The first-order valence-corrected chi connectivity index (χ1v) is 9.63. The Morgan fingerprint density at radius 3 is 2.61 bits per heavy atom. The van der Waals surface area contributed by atoms with Crippen molar-refractivity contribution in [2.45, 2.75) is 71.3 Å². The molecule has 3 saturated carbocycles. The zero-order valence-corrected chi connectivity index (χ0v) is 14.9. The lowest BCUT2D eigenvalue weighted by atomic mass is 9.45. The van der Waals surface area contributed by atoms with Crippen LogP contribution in [0.3, 0.4) is 0 Å². The lowest BCUT2D eigenvalue weighted by Crippen LogP contribution is -2.64. The van der Waals surface area contributed by atoms with Gasteiger partial charge in [0, 0.05) is 30.8 Å². The van der Waals surface area contributed by atoms with Crippen molar-refractivity contribution in [3.05, 3.63) is 0 Å². The van der Waals surface area contributed by atoms with Crippen molar-refractivity contribution in [3.8, 4) is 0 Å². The Morgan fingerprint density at radius 1 is 1.09 bits per heavy atom. The monoisotopic (exact) mass is 317 g/mol. The van der Waals surface area contributed by atoms with Crippen LogP contribution in [0.25, 0.3) is 0 Å². The summed E-state index contributed by atoms with van der Waals surface area (Å²) >= 11 is 0. The molecule has 2 unspecified atom stereocenters. The third kappa shape index (κ3) is 1.94. The SMILES string of the molecule is CN1C(=O)CC(C=O)[C@@]2(C)C1CC[C@@H]1[C@H]2CC[C@]2(C)CCC[C@@H]12. The standard InChI is InChI=1S/C20H31NO2/c1-19-9-4-5-15(19)14-6-7-17-20(2,16(14)8-10-19)13(12-22)11-18(23)21(17)3/h12-17H,4-11H2,1-3H3/t13?,14-,15-,16+,17?,19-,20+/m0/s1. The molecule has 0 N–H and O–H groups in total. The summed E-state index contributed by atoms with van der Waals surface area (Å²) in [7, 11) is 1.97. The molecule has 3 nitrogen and oxygen atoms in total. The highest BCUT2D eigenvalue weighted by atomic mass is 16.2. The quantitative estimate of drug-likeness (QED) is 0.692. The first-order valence-electron chi connectivity index (χ1n) is 9.63. The number of piperidine rings is 1. The average molecular weight is 317 g/mol. The highest BCUT2D eigenvalue weighted by Gasteiger charge is 2.61. The largest absolute Gasteiger partial charge is 0.342 e. The lowest BCUT2D eigenvalue weighted by molar-refractivity contribution is -0.171. The summed E-state index contributed by atoms with van der Waals surface area (Å²) in [6.45, 7) is 4.86. The molecule has 0 aromatic rings. The van der Waals surface area contributed by atoms with Crippen molar-refractivity contribution in [2.75, 3.05) is 7.05 Å². The van der Waals surface area contributed by atoms with Crippen molar-refractivity contribution in [1.29, 1.82) is 0 Å². The molecule has 23 heavy (non-hydrogen) atoms. The number of carbonyl (C=O) groups is 2. The van der Waals surface area contributed by atoms with Gasteiger partial charge >= 0.3 is 0 Å². The molecule has 1 heterocycles. The van der Waals surface area contributed by atoms with Crippen LogP contribution in [0.5, 0.6) is 0 Å². The number of hydrogen-bond acceptors (Lipinski definition) is 2. The fraction of sp³-hybridized carbons (Fsp3) is 0.900. The first-order chi connectivity index (χ1) is 10.9. The molecule has 0 aromatic carbocycles. The summed E-state index contributed by atoms with van der Waals surface area (Å²) in [5.74, 6) is 2.36. The van der Waals surface area contributed by atoms with Gasteiger partial charge in [-0.3, -0.25) is 4.79 Å². The van der Waals surface area contributed by atoms with E-state index in [1.54, 1.807) is 0 Å². The number of aldehydes is 1. The smallest absolute Gasteiger partial charge is 0.223 e. The minimum absolute atomic E-state index is 0.00273. The van der Waals surface area contributed by atoms with Gasteiger partial charge in [0.25, 0.3) is 0 Å². The third-order valence-corrected chi connectivity index (χ3v) is 8.73. The van der Waals surface area contributed by atoms with Gasteiger partial charge in [0.15, 0.2) is 0 Å². The molecular weight excluding hydrogens is 286 g/mol. The minimum atomic E-state index is -0.0743. The number of nitrogens with zero attached hydrogens (tertiary/aromatic N) is 1. The maximum absolute atomic E-state index is 12.3. The summed E-state index contributed by atoms with van der Waals surface area (Å²) in [5.41, 5.74) is 0.550. The second-order valence-electron chi connectivity index (χ2n) is 9.37. The number of likely N-dealkylation sites (tertiary alicyclic amines) is 1. The van der Waals surface area contributed by atoms with Crippen LogP contribution in [0.15, 0.2) is 0 Å². The molecule has 3 aliphatic carbocycles. The zero-order chi connectivity index (χ0) is 16.4. The van der Waals surface area contributed by atoms with Gasteiger partial charge < -0.3 is 9.69 Å². The molecule has 1 aliphatic heterocycles. The molecule has 0 aromatic heterocycles. The van der Waals surface area contributed by atoms with Crippen LogP contribution in [0, 0.1) is 34.5 Å². The molecule has 4 rings (SSSR count). The van der Waals surface area contributed by atoms with Crippen molar-refractivity contribution in [3.63, 3.8) is 0 Å². The van der Waals surface area contributed by atoms with E-state index in [0.717, 1.165) is 24.5 Å². The van der Waals surface area contributed by atoms with Crippen LogP contribution in [0.4, 0.5) is 0 Å². The second kappa shape index (κ2) is 5.07. The minimum Gasteiger partial charge on any atom is -0.342 e. The van der Waals surface area contributed by atoms with Crippen LogP contribution >= 0.6 is 0 Å². The van der Waals surface area contributed by atoms with Gasteiger partial charge in [-0.2, -0.15) is 0 Å². The van der Waals surface area contributed by atoms with Crippen molar-refractivity contribution < 1.29 is 9.59 Å². The van der Waals surface area contributed by atoms with Crippen molar-refractivity contribution in [1.82, 2.24) is 4.90 Å². The Hall–Kier alpha value is -0.860. The predicted octanol–water partition coefficient (Wildman–Crippen LogP) is 3.66. The van der Waals surface area contributed by atoms with E-state index in [1.807, 2.05) is 11.9 Å². The Bertz CT molecular complexity index is 532. The fourth-order valence-corrected chi connectivity index (χ4v) is 7.42. The zero-order valence-electron chi connectivity index (χ0n) is 14.9. The topological polar surface area (TPSA) is 37.4 Å². The second-order valence-corrected chi connectivity index (χ2v) is 9.37. The van der Waals surface area contributed by atoms with Crippen LogP contribution in [-0.4, -0.2) is 30.2 Å². The summed E-state index contributed by atoms with van der Waals surface area (Å²) in [4.78, 5) is 26.2. The van der Waals surface area contributed by atoms with Gasteiger partial charge in [-0.05, 0) is 61.7 Å². The van der Waals surface area contributed by atoms with Crippen molar-refractivity contribution >= 4 is 12.2 Å². The van der Waals surface area contributed by atoms with Gasteiger partial charge in [-0.25, -0.2) is 0 Å². The van der Waals surface area contributed by atoms with Gasteiger partial charge in [0.2, 0.25) is 5.91 Å². The van der Waals surface area contributed by atoms with Gasteiger partial charge in [0.1, 0.15) is 6.29 Å². The summed E-state index contributed by atoms with van der Waals surface area (Å²) in [6.07, 6.45) is 10.7. The van der Waals surface area contributed by atoms with Gasteiger partial charge in [-0.15, -0.1) is 0 Å². The van der Waals surface area contributed by atoms with Crippen LogP contribution in [-0.2, 0) is 9.59 Å². The highest BCUT2D eigenvalue weighted by molar-refractivity contribution is 5.81. The number of hydrogen-bond donors (Lipinski definition) is 0. The highest BCUT2D eigenvalue weighted by Crippen LogP contribution is 2.65. The maximum Gasteiger partial charge on any atom is 0.223 e. The van der Waals surface area contributed by atoms with E-state index >= 15 is 0 Å². The molecule has 0 radical (unpaired) electrons. The lowest BCUT2D eigenvalue weighted by Gasteiger charge is -2.63. The average Bonchev–Trinajstić information content (AvgIpc) is 2.92. The number of fused-ring (bicyclic) bond motifs is 5. The van der Waals surface area contributed by atoms with E-state index in [0.29, 0.717) is 17.8 Å². The molecule has 0 bridgehead atoms. The summed E-state index contributed by atoms with van der Waals surface area (Å²) in [6, 6.07) is 0.269. The Balaban J connectivity index is 1.72. The van der Waals surface area contributed by atoms with E-state index in [-0.39, 0.29) is 23.3 Å². The Labute approximate surface area is 140 Å². The van der Waals surface area contributed by atoms with E-state index < -0.39 is 0 Å². The molecular formula is C20H31NO2. The van der Waals surface area contributed by atoms with Crippen molar-refractivity contribution in [2.24, 2.45) is 34.5 Å². The molecule has 128 valence electrons. The van der Waals surface area contributed by atoms with E-state index in [9.17, 15) is 9.59 Å². The van der Waals surface area contributed by atoms with Crippen LogP contribution in [0.1, 0.15) is 65.2 Å². The molecule has 7 atom stereocenters. The van der Waals surface area contributed by atoms with E-state index in [4.69, 9.17) is 0 Å². The maximum atomic E-state index is 12.3. The summed E-state index contributed by atoms with van der Waals surface area (Å²) < 4.78 is 0. The van der Waals surface area contributed by atoms with Gasteiger partial charge in [0.05, 0.1) is 0 Å². The number of amides is 1. The Kier molecular flexibility index (Phi) is 3.45. The van der Waals surface area contributed by atoms with E-state index in [2.05, 4.69) is 13.8 Å². The van der Waals surface area contributed by atoms with Crippen LogP contribution in [0.2, 0.25) is 0 Å². The molecule has 1 amide bonds. The predicted molar refractivity (Wildman–Crippen MR) is 89.7 cm³/mol. The van der Waals surface area contributed by atoms with Crippen LogP contribution < -0.4 is 0 Å². The normalized spacial score (nSPS) is 52.6. The Morgan fingerprint density at radius 2 is 1.87 bits per heavy atom. The fourth-order valence-electron chi connectivity index (χ4n) is 7.42. The number of rotatable bonds is 1. The molecule has 4 fully saturated rings. The third-order valence-electron chi connectivity index (χ3n) is 8.73. The first kappa shape index (κ1) is 15.7. The molecule has 0 spiro atoms. The van der Waals surface area contributed by atoms with E-state index in [1.165, 1.54) is 38.5 Å².